The predicted octanol–water partition coefficient (Wildman–Crippen LogP) is 2.94. The van der Waals surface area contributed by atoms with Crippen LogP contribution >= 0.6 is 0 Å². The number of nitrogens with one attached hydrogen (secondary N) is 1. The summed E-state index contributed by atoms with van der Waals surface area (Å²) in [6, 6.07) is 0. The van der Waals surface area contributed by atoms with E-state index in [1.165, 1.54) is 0 Å². The zero-order chi connectivity index (χ0) is 19.9. The average molecular weight is 389 g/mol. The van der Waals surface area contributed by atoms with Crippen LogP contribution in [0.5, 0.6) is 0 Å². The van der Waals surface area contributed by atoms with Gasteiger partial charge in [0.25, 0.3) is 0 Å². The van der Waals surface area contributed by atoms with Crippen molar-refractivity contribution in [2.75, 3.05) is 38.1 Å². The molecule has 0 saturated carbocycles. The van der Waals surface area contributed by atoms with E-state index in [1.54, 1.807) is 6.33 Å². The molecule has 0 unspecified atom stereocenters. The number of anilines is 1. The number of fused-ring (bicyclic) bond motifs is 1. The Morgan fingerprint density at radius 1 is 1.21 bits per heavy atom. The Kier molecular flexibility index (Phi) is 7.62. The summed E-state index contributed by atoms with van der Waals surface area (Å²) < 4.78 is 2.06. The van der Waals surface area contributed by atoms with Crippen LogP contribution in [-0.4, -0.2) is 62.5 Å². The van der Waals surface area contributed by atoms with Crippen molar-refractivity contribution in [3.05, 3.63) is 12.0 Å². The van der Waals surface area contributed by atoms with Gasteiger partial charge in [0.15, 0.2) is 5.65 Å². The number of unbranched alkanes of at least 4 members (excludes halogenated alkanes) is 1. The number of rotatable bonds is 10. The van der Waals surface area contributed by atoms with Crippen molar-refractivity contribution in [3.63, 3.8) is 0 Å². The van der Waals surface area contributed by atoms with Crippen molar-refractivity contribution in [2.45, 2.75) is 59.4 Å². The first-order valence-electron chi connectivity index (χ1n) is 10.9. The number of aliphatic hydroxyl groups is 1. The fraction of sp³-hybridized carbons (Fsp3) is 0.762. The minimum absolute atomic E-state index is 0.325. The van der Waals surface area contributed by atoms with Crippen molar-refractivity contribution in [1.82, 2.24) is 24.6 Å². The third kappa shape index (κ3) is 5.20. The lowest BCUT2D eigenvalue weighted by atomic mass is 9.98. The largest absolute Gasteiger partial charge is 0.396 e. The van der Waals surface area contributed by atoms with Gasteiger partial charge in [0, 0.05) is 26.2 Å². The second kappa shape index (κ2) is 10.2. The quantitative estimate of drug-likeness (QED) is 0.651. The van der Waals surface area contributed by atoms with Crippen LogP contribution < -0.4 is 5.32 Å². The van der Waals surface area contributed by atoms with Crippen molar-refractivity contribution >= 4 is 16.9 Å². The summed E-state index contributed by atoms with van der Waals surface area (Å²) in [5.41, 5.74) is 2.05. The molecule has 156 valence electrons. The molecule has 3 rings (SSSR count). The maximum absolute atomic E-state index is 9.29. The van der Waals surface area contributed by atoms with E-state index in [0.29, 0.717) is 18.4 Å². The number of aromatic nitrogens is 4. The molecular formula is C21H36N6O. The average Bonchev–Trinajstić information content (AvgIpc) is 3.04. The van der Waals surface area contributed by atoms with Crippen LogP contribution in [0.3, 0.4) is 0 Å². The van der Waals surface area contributed by atoms with Crippen molar-refractivity contribution in [1.29, 1.82) is 0 Å². The molecule has 0 atom stereocenters. The summed E-state index contributed by atoms with van der Waals surface area (Å²) >= 11 is 0. The summed E-state index contributed by atoms with van der Waals surface area (Å²) in [7, 11) is 0. The summed E-state index contributed by atoms with van der Waals surface area (Å²) in [5.74, 6) is 1.94. The molecular weight excluding hydrogens is 352 g/mol. The van der Waals surface area contributed by atoms with Gasteiger partial charge in [0.2, 0.25) is 0 Å². The van der Waals surface area contributed by atoms with E-state index in [0.717, 1.165) is 87.4 Å². The topological polar surface area (TPSA) is 79.1 Å². The first kappa shape index (κ1) is 21.0. The maximum Gasteiger partial charge on any atom is 0.163 e. The highest BCUT2D eigenvalue weighted by atomic mass is 16.3. The van der Waals surface area contributed by atoms with Crippen LogP contribution in [0.25, 0.3) is 11.0 Å². The Labute approximate surface area is 168 Å². The molecule has 7 heteroatoms. The van der Waals surface area contributed by atoms with E-state index in [1.807, 2.05) is 0 Å². The Hall–Kier alpha value is -1.73. The highest BCUT2D eigenvalue weighted by molar-refractivity contribution is 5.89. The summed E-state index contributed by atoms with van der Waals surface area (Å²) in [5, 5.41) is 18.8. The molecule has 2 aromatic rings. The maximum atomic E-state index is 9.29. The number of nitrogens with zero attached hydrogens (tertiary/aromatic N) is 5. The highest BCUT2D eigenvalue weighted by Gasteiger charge is 2.19. The van der Waals surface area contributed by atoms with Crippen molar-refractivity contribution in [3.8, 4) is 0 Å². The number of likely N-dealkylation sites (tertiary alicyclic amines) is 1. The van der Waals surface area contributed by atoms with Crippen LogP contribution in [0, 0.1) is 11.8 Å². The normalized spacial score (nSPS) is 16.3. The SMILES string of the molecule is CCCCn1nc(CC(C)C)c2c(NCCN3CCC(CO)CC3)ncnc21. The zero-order valence-corrected chi connectivity index (χ0v) is 17.7. The Morgan fingerprint density at radius 3 is 2.68 bits per heavy atom. The fourth-order valence-electron chi connectivity index (χ4n) is 3.93. The minimum atomic E-state index is 0.325. The number of aliphatic hydroxyl groups excluding tert-OH is 1. The standard InChI is InChI=1S/C21H36N6O/c1-4-5-9-27-21-19(18(25-27)13-16(2)3)20(23-15-24-21)22-8-12-26-10-6-17(14-28)7-11-26/h15-17,28H,4-14H2,1-3H3,(H,22,23,24). The molecule has 1 saturated heterocycles. The Bertz CT molecular complexity index is 736. The fourth-order valence-corrected chi connectivity index (χ4v) is 3.93. The van der Waals surface area contributed by atoms with Crippen molar-refractivity contribution in [2.24, 2.45) is 11.8 Å². The molecule has 1 fully saturated rings. The van der Waals surface area contributed by atoms with Gasteiger partial charge in [-0.3, -0.25) is 0 Å². The van der Waals surface area contributed by atoms with Gasteiger partial charge in [0.05, 0.1) is 11.1 Å². The number of hydrogen-bond donors (Lipinski definition) is 2. The lowest BCUT2D eigenvalue weighted by Crippen LogP contribution is -2.37. The molecule has 0 spiro atoms. The Morgan fingerprint density at radius 2 is 2.00 bits per heavy atom. The van der Waals surface area contributed by atoms with E-state index in [9.17, 15) is 5.11 Å². The monoisotopic (exact) mass is 388 g/mol. The van der Waals surface area contributed by atoms with Gasteiger partial charge in [-0.25, -0.2) is 14.6 Å². The molecule has 1 aliphatic heterocycles. The van der Waals surface area contributed by atoms with Gasteiger partial charge >= 0.3 is 0 Å². The molecule has 1 aliphatic rings. The van der Waals surface area contributed by atoms with Crippen molar-refractivity contribution < 1.29 is 5.11 Å². The lowest BCUT2D eigenvalue weighted by Gasteiger charge is -2.31. The van der Waals surface area contributed by atoms with Crippen LogP contribution in [-0.2, 0) is 13.0 Å². The summed E-state index contributed by atoms with van der Waals surface area (Å²) in [6.07, 6.45) is 7.03. The smallest absolute Gasteiger partial charge is 0.163 e. The van der Waals surface area contributed by atoms with Gasteiger partial charge in [-0.1, -0.05) is 27.2 Å². The van der Waals surface area contributed by atoms with Gasteiger partial charge in [-0.15, -0.1) is 0 Å². The lowest BCUT2D eigenvalue weighted by molar-refractivity contribution is 0.134. The summed E-state index contributed by atoms with van der Waals surface area (Å²) in [4.78, 5) is 11.6. The van der Waals surface area contributed by atoms with Gasteiger partial charge < -0.3 is 15.3 Å². The molecule has 28 heavy (non-hydrogen) atoms. The molecule has 0 aromatic carbocycles. The van der Waals surface area contributed by atoms with E-state index in [4.69, 9.17) is 5.10 Å². The molecule has 7 nitrogen and oxygen atoms in total. The molecule has 0 aliphatic carbocycles. The third-order valence-electron chi connectivity index (χ3n) is 5.61. The van der Waals surface area contributed by atoms with Crippen LogP contribution in [0.4, 0.5) is 5.82 Å². The van der Waals surface area contributed by atoms with Crippen LogP contribution in [0.2, 0.25) is 0 Å². The number of hydrogen-bond acceptors (Lipinski definition) is 6. The second-order valence-electron chi connectivity index (χ2n) is 8.44. The van der Waals surface area contributed by atoms with Crippen LogP contribution in [0.15, 0.2) is 6.33 Å². The van der Waals surface area contributed by atoms with Gasteiger partial charge in [-0.05, 0) is 50.6 Å². The van der Waals surface area contributed by atoms with Gasteiger partial charge in [-0.2, -0.15) is 5.10 Å². The van der Waals surface area contributed by atoms with Crippen LogP contribution in [0.1, 0.15) is 52.1 Å². The van der Waals surface area contributed by atoms with Gasteiger partial charge in [0.1, 0.15) is 12.1 Å². The Balaban J connectivity index is 1.70. The van der Waals surface area contributed by atoms with E-state index in [-0.39, 0.29) is 0 Å². The second-order valence-corrected chi connectivity index (χ2v) is 8.44. The van der Waals surface area contributed by atoms with E-state index in [2.05, 4.69) is 45.6 Å². The number of piperidine rings is 1. The van der Waals surface area contributed by atoms with E-state index >= 15 is 0 Å². The predicted molar refractivity (Wildman–Crippen MR) is 114 cm³/mol. The molecule has 2 aromatic heterocycles. The summed E-state index contributed by atoms with van der Waals surface area (Å²) in [6.45, 7) is 11.9. The first-order chi connectivity index (χ1) is 13.6. The first-order valence-corrected chi connectivity index (χ1v) is 10.9. The molecule has 0 bridgehead atoms. The molecule has 0 amide bonds. The minimum Gasteiger partial charge on any atom is -0.396 e. The third-order valence-corrected chi connectivity index (χ3v) is 5.61. The molecule has 2 N–H and O–H groups in total. The van der Waals surface area contributed by atoms with E-state index < -0.39 is 0 Å². The number of aryl methyl sites for hydroxylation is 1. The molecule has 3 heterocycles. The molecule has 0 radical (unpaired) electrons. The zero-order valence-electron chi connectivity index (χ0n) is 17.7. The highest BCUT2D eigenvalue weighted by Crippen LogP contribution is 2.26.